The number of piperidine rings is 2. The molecule has 1 atom stereocenters. The summed E-state index contributed by atoms with van der Waals surface area (Å²) in [6.07, 6.45) is 9.71. The number of nitrogens with one attached hydrogen (secondary N) is 1. The highest BCUT2D eigenvalue weighted by atomic mass is 16.2. The lowest BCUT2D eigenvalue weighted by Gasteiger charge is -2.39. The van der Waals surface area contributed by atoms with Gasteiger partial charge in [-0.1, -0.05) is 39.5 Å². The van der Waals surface area contributed by atoms with Crippen LogP contribution in [-0.4, -0.2) is 76.8 Å². The van der Waals surface area contributed by atoms with E-state index >= 15 is 0 Å². The van der Waals surface area contributed by atoms with Gasteiger partial charge in [-0.15, -0.1) is 0 Å². The molecule has 7 heteroatoms. The summed E-state index contributed by atoms with van der Waals surface area (Å²) in [4.78, 5) is 44.9. The van der Waals surface area contributed by atoms with Gasteiger partial charge >= 0.3 is 6.03 Å². The molecule has 3 saturated heterocycles. The third-order valence-corrected chi connectivity index (χ3v) is 7.88. The van der Waals surface area contributed by atoms with Crippen LogP contribution in [0.5, 0.6) is 0 Å². The maximum Gasteiger partial charge on any atom is 0.325 e. The normalized spacial score (nSPS) is 27.5. The van der Waals surface area contributed by atoms with E-state index < -0.39 is 5.54 Å². The molecule has 0 aromatic heterocycles. The number of imide groups is 1. The van der Waals surface area contributed by atoms with Crippen LogP contribution in [0.15, 0.2) is 0 Å². The summed E-state index contributed by atoms with van der Waals surface area (Å²) in [5.41, 5.74) is -0.737. The van der Waals surface area contributed by atoms with Gasteiger partial charge in [0.05, 0.1) is 6.04 Å². The molecule has 3 heterocycles. The van der Waals surface area contributed by atoms with Crippen molar-refractivity contribution in [2.24, 2.45) is 11.8 Å². The number of urea groups is 1. The van der Waals surface area contributed by atoms with Crippen LogP contribution < -0.4 is 5.32 Å². The fourth-order valence-corrected chi connectivity index (χ4v) is 6.12. The van der Waals surface area contributed by atoms with Crippen molar-refractivity contribution >= 4 is 17.8 Å². The Labute approximate surface area is 186 Å². The van der Waals surface area contributed by atoms with Gasteiger partial charge in [0.15, 0.2) is 0 Å². The minimum atomic E-state index is -0.737. The van der Waals surface area contributed by atoms with E-state index in [1.165, 1.54) is 30.6 Å². The lowest BCUT2D eigenvalue weighted by Crippen LogP contribution is -2.56. The summed E-state index contributed by atoms with van der Waals surface area (Å²) < 4.78 is 0. The van der Waals surface area contributed by atoms with Crippen molar-refractivity contribution in [1.29, 1.82) is 0 Å². The summed E-state index contributed by atoms with van der Waals surface area (Å²) in [6.45, 7) is 8.37. The number of hydrogen-bond donors (Lipinski definition) is 1. The summed E-state index contributed by atoms with van der Waals surface area (Å²) in [7, 11) is 0. The topological polar surface area (TPSA) is 73.0 Å². The number of hydrogen-bond acceptors (Lipinski definition) is 4. The van der Waals surface area contributed by atoms with Gasteiger partial charge in [0.2, 0.25) is 5.91 Å². The fourth-order valence-electron chi connectivity index (χ4n) is 6.12. The van der Waals surface area contributed by atoms with Gasteiger partial charge in [0, 0.05) is 39.1 Å². The van der Waals surface area contributed by atoms with Crippen molar-refractivity contribution in [2.45, 2.75) is 89.6 Å². The first-order valence-electron chi connectivity index (χ1n) is 12.5. The molecule has 0 aromatic carbocycles. The van der Waals surface area contributed by atoms with E-state index in [1.807, 2.05) is 4.90 Å². The molecular formula is C24H40N4O3. The quantitative estimate of drug-likeness (QED) is 0.655. The van der Waals surface area contributed by atoms with Crippen LogP contribution in [0.3, 0.4) is 0 Å². The highest BCUT2D eigenvalue weighted by molar-refractivity contribution is 6.07. The number of carbonyl (C=O) groups excluding carboxylic acids is 3. The van der Waals surface area contributed by atoms with Crippen molar-refractivity contribution in [3.8, 4) is 0 Å². The van der Waals surface area contributed by atoms with Crippen molar-refractivity contribution in [3.63, 3.8) is 0 Å². The first kappa shape index (κ1) is 22.6. The van der Waals surface area contributed by atoms with Crippen LogP contribution in [0.1, 0.15) is 78.1 Å². The van der Waals surface area contributed by atoms with E-state index in [4.69, 9.17) is 0 Å². The number of amides is 4. The third kappa shape index (κ3) is 4.91. The average molecular weight is 433 g/mol. The first-order valence-corrected chi connectivity index (χ1v) is 12.5. The fraction of sp³-hybridized carbons (Fsp3) is 0.875. The van der Waals surface area contributed by atoms with Crippen LogP contribution in [0.4, 0.5) is 4.79 Å². The van der Waals surface area contributed by atoms with E-state index in [1.54, 1.807) is 0 Å². The average Bonchev–Trinajstić information content (AvgIpc) is 3.34. The zero-order chi connectivity index (χ0) is 22.0. The number of carbonyl (C=O) groups is 3. The Morgan fingerprint density at radius 2 is 1.77 bits per heavy atom. The first-order chi connectivity index (χ1) is 14.9. The monoisotopic (exact) mass is 432 g/mol. The van der Waals surface area contributed by atoms with Gasteiger partial charge < -0.3 is 15.1 Å². The lowest BCUT2D eigenvalue weighted by atomic mass is 9.86. The van der Waals surface area contributed by atoms with Gasteiger partial charge in [-0.25, -0.2) is 4.79 Å². The zero-order valence-corrected chi connectivity index (χ0v) is 19.4. The van der Waals surface area contributed by atoms with Crippen LogP contribution in [-0.2, 0) is 9.59 Å². The Kier molecular flexibility index (Phi) is 6.89. The van der Waals surface area contributed by atoms with Crippen molar-refractivity contribution < 1.29 is 14.4 Å². The smallest absolute Gasteiger partial charge is 0.325 e. The molecule has 174 valence electrons. The summed E-state index contributed by atoms with van der Waals surface area (Å²) in [5.74, 6) is 1.43. The van der Waals surface area contributed by atoms with Crippen molar-refractivity contribution in [3.05, 3.63) is 0 Å². The van der Waals surface area contributed by atoms with Gasteiger partial charge in [0.1, 0.15) is 5.54 Å². The van der Waals surface area contributed by atoms with E-state index in [2.05, 4.69) is 24.1 Å². The highest BCUT2D eigenvalue weighted by Crippen LogP contribution is 2.33. The lowest BCUT2D eigenvalue weighted by molar-refractivity contribution is -0.139. The molecule has 0 bridgehead atoms. The summed E-state index contributed by atoms with van der Waals surface area (Å²) in [5, 5.41) is 3.05. The Hall–Kier alpha value is -1.63. The van der Waals surface area contributed by atoms with Crippen LogP contribution in [0.25, 0.3) is 0 Å². The van der Waals surface area contributed by atoms with Gasteiger partial charge in [-0.2, -0.15) is 0 Å². The molecule has 0 radical (unpaired) electrons. The van der Waals surface area contributed by atoms with E-state index in [9.17, 15) is 14.4 Å². The van der Waals surface area contributed by atoms with Crippen LogP contribution in [0, 0.1) is 11.8 Å². The minimum Gasteiger partial charge on any atom is -0.341 e. The number of likely N-dealkylation sites (tertiary alicyclic amines) is 2. The number of nitrogens with zero attached hydrogens (tertiary/aromatic N) is 3. The standard InChI is InChI=1S/C24H40N4O3/c1-18(2)16-26-14-11-24(12-15-26)22(30)28(23(31)25-24)20-8-5-13-27(17-20)21(29)10-9-19-6-3-4-7-19/h18-20H,3-17H2,1-2H3,(H,25,31). The summed E-state index contributed by atoms with van der Waals surface area (Å²) >= 11 is 0. The predicted molar refractivity (Wildman–Crippen MR) is 119 cm³/mol. The molecule has 4 aliphatic rings. The highest BCUT2D eigenvalue weighted by Gasteiger charge is 2.54. The second-order valence-corrected chi connectivity index (χ2v) is 10.7. The second-order valence-electron chi connectivity index (χ2n) is 10.7. The molecule has 3 aliphatic heterocycles. The molecule has 4 fully saturated rings. The number of rotatable bonds is 6. The summed E-state index contributed by atoms with van der Waals surface area (Å²) in [6, 6.07) is -0.447. The predicted octanol–water partition coefficient (Wildman–Crippen LogP) is 2.99. The van der Waals surface area contributed by atoms with Gasteiger partial charge in [-0.05, 0) is 43.9 Å². The Morgan fingerprint density at radius 3 is 2.45 bits per heavy atom. The van der Waals surface area contributed by atoms with Crippen LogP contribution >= 0.6 is 0 Å². The molecule has 4 rings (SSSR count). The largest absolute Gasteiger partial charge is 0.341 e. The molecule has 1 saturated carbocycles. The molecule has 1 N–H and O–H groups in total. The molecule has 1 unspecified atom stereocenters. The molecular weight excluding hydrogens is 392 g/mol. The molecule has 7 nitrogen and oxygen atoms in total. The van der Waals surface area contributed by atoms with Crippen LogP contribution in [0.2, 0.25) is 0 Å². The Balaban J connectivity index is 1.33. The van der Waals surface area contributed by atoms with E-state index in [0.717, 1.165) is 45.4 Å². The molecule has 0 aromatic rings. The minimum absolute atomic E-state index is 0.0630. The molecule has 31 heavy (non-hydrogen) atoms. The maximum absolute atomic E-state index is 13.4. The van der Waals surface area contributed by atoms with E-state index in [0.29, 0.717) is 37.6 Å². The third-order valence-electron chi connectivity index (χ3n) is 7.88. The van der Waals surface area contributed by atoms with Crippen molar-refractivity contribution in [1.82, 2.24) is 20.0 Å². The SMILES string of the molecule is CC(C)CN1CCC2(CC1)NC(=O)N(C1CCCN(C(=O)CCC3CCCC3)C1)C2=O. The molecule has 1 spiro atoms. The Bertz CT molecular complexity index is 680. The van der Waals surface area contributed by atoms with E-state index in [-0.39, 0.29) is 23.9 Å². The van der Waals surface area contributed by atoms with Crippen molar-refractivity contribution in [2.75, 3.05) is 32.7 Å². The molecule has 1 aliphatic carbocycles. The Morgan fingerprint density at radius 1 is 1.06 bits per heavy atom. The zero-order valence-electron chi connectivity index (χ0n) is 19.4. The maximum atomic E-state index is 13.4. The second kappa shape index (κ2) is 9.47. The molecule has 4 amide bonds. The van der Waals surface area contributed by atoms with Gasteiger partial charge in [0.25, 0.3) is 5.91 Å². The van der Waals surface area contributed by atoms with Gasteiger partial charge in [-0.3, -0.25) is 14.5 Å².